The molecule has 35 heavy (non-hydrogen) atoms. The highest BCUT2D eigenvalue weighted by atomic mass is 35.5. The molecule has 172 valence electrons. The second kappa shape index (κ2) is 8.86. The average Bonchev–Trinajstić information content (AvgIpc) is 3.29. The Bertz CT molecular complexity index is 1380. The van der Waals surface area contributed by atoms with E-state index in [1.807, 2.05) is 0 Å². The molecule has 2 atom stereocenters. The summed E-state index contributed by atoms with van der Waals surface area (Å²) in [6.07, 6.45) is 0.834. The lowest BCUT2D eigenvalue weighted by atomic mass is 9.91. The van der Waals surface area contributed by atoms with Crippen LogP contribution in [0.1, 0.15) is 53.3 Å². The van der Waals surface area contributed by atoms with Gasteiger partial charge >= 0.3 is 0 Å². The molecule has 0 saturated carbocycles. The predicted octanol–water partition coefficient (Wildman–Crippen LogP) is 10.2. The van der Waals surface area contributed by atoms with E-state index in [-0.39, 0.29) is 10.8 Å². The maximum atomic E-state index is 6.94. The van der Waals surface area contributed by atoms with Crippen molar-refractivity contribution in [1.29, 1.82) is 0 Å². The SMILES string of the molecule is CC1=C(CC2=C(C)C(Cl)c3ccc(-c4ccccc4)cc32)c2cc(-c3ccccc3)ccc2C1Cl. The quantitative estimate of drug-likeness (QED) is 0.248. The minimum absolute atomic E-state index is 0.0888. The molecule has 4 aromatic rings. The summed E-state index contributed by atoms with van der Waals surface area (Å²) in [6, 6.07) is 34.5. The summed E-state index contributed by atoms with van der Waals surface area (Å²) in [5.41, 5.74) is 15.0. The van der Waals surface area contributed by atoms with Crippen LogP contribution < -0.4 is 0 Å². The van der Waals surface area contributed by atoms with Crippen molar-refractivity contribution in [3.8, 4) is 22.3 Å². The third-order valence-corrected chi connectivity index (χ3v) is 8.71. The second-order valence-electron chi connectivity index (χ2n) is 9.56. The number of allylic oxidation sites excluding steroid dienone is 4. The molecule has 0 amide bonds. The first-order valence-electron chi connectivity index (χ1n) is 12.1. The fourth-order valence-electron chi connectivity index (χ4n) is 5.54. The molecule has 0 aliphatic heterocycles. The first-order chi connectivity index (χ1) is 17.0. The molecular weight excluding hydrogens is 467 g/mol. The standard InChI is InChI=1S/C33H26Cl2/c1-20-28(30-17-24(13-15-26(30)32(20)34)22-9-5-3-6-10-22)19-29-21(2)33(35)27-16-14-25(18-31(27)29)23-11-7-4-8-12-23/h3-18,32-33H,19H2,1-2H3. The maximum absolute atomic E-state index is 6.94. The molecule has 0 bridgehead atoms. The third kappa shape index (κ3) is 3.77. The van der Waals surface area contributed by atoms with Gasteiger partial charge in [-0.2, -0.15) is 0 Å². The third-order valence-electron chi connectivity index (χ3n) is 7.58. The van der Waals surface area contributed by atoms with Crippen molar-refractivity contribution in [3.63, 3.8) is 0 Å². The molecule has 2 unspecified atom stereocenters. The molecular formula is C33H26Cl2. The normalized spacial score (nSPS) is 18.7. The van der Waals surface area contributed by atoms with Crippen LogP contribution in [0.4, 0.5) is 0 Å². The highest BCUT2D eigenvalue weighted by Gasteiger charge is 2.32. The lowest BCUT2D eigenvalue weighted by Crippen LogP contribution is -1.92. The molecule has 6 rings (SSSR count). The van der Waals surface area contributed by atoms with Gasteiger partial charge in [-0.05, 0) is 99.2 Å². The number of rotatable bonds is 4. The van der Waals surface area contributed by atoms with E-state index in [9.17, 15) is 0 Å². The summed E-state index contributed by atoms with van der Waals surface area (Å²) < 4.78 is 0. The van der Waals surface area contributed by atoms with E-state index in [1.54, 1.807) is 0 Å². The van der Waals surface area contributed by atoms with Crippen molar-refractivity contribution in [2.75, 3.05) is 0 Å². The van der Waals surface area contributed by atoms with Gasteiger partial charge in [0.05, 0.1) is 10.8 Å². The summed E-state index contributed by atoms with van der Waals surface area (Å²) in [7, 11) is 0. The second-order valence-corrected chi connectivity index (χ2v) is 10.4. The average molecular weight is 493 g/mol. The van der Waals surface area contributed by atoms with Gasteiger partial charge in [0.15, 0.2) is 0 Å². The molecule has 0 fully saturated rings. The molecule has 0 spiro atoms. The summed E-state index contributed by atoms with van der Waals surface area (Å²) >= 11 is 13.9. The zero-order valence-electron chi connectivity index (χ0n) is 19.9. The fraction of sp³-hybridized carbons (Fsp3) is 0.152. The molecule has 0 heterocycles. The van der Waals surface area contributed by atoms with E-state index in [4.69, 9.17) is 23.2 Å². The van der Waals surface area contributed by atoms with Crippen LogP contribution in [-0.4, -0.2) is 0 Å². The Morgan fingerprint density at radius 1 is 0.514 bits per heavy atom. The van der Waals surface area contributed by atoms with E-state index in [1.165, 1.54) is 66.8 Å². The van der Waals surface area contributed by atoms with Gasteiger partial charge in [-0.3, -0.25) is 0 Å². The van der Waals surface area contributed by atoms with Crippen LogP contribution in [-0.2, 0) is 0 Å². The van der Waals surface area contributed by atoms with Gasteiger partial charge in [-0.15, -0.1) is 23.2 Å². The van der Waals surface area contributed by atoms with Crippen LogP contribution in [0.2, 0.25) is 0 Å². The summed E-state index contributed by atoms with van der Waals surface area (Å²) in [4.78, 5) is 0. The Morgan fingerprint density at radius 3 is 1.31 bits per heavy atom. The van der Waals surface area contributed by atoms with Crippen LogP contribution in [0.3, 0.4) is 0 Å². The van der Waals surface area contributed by atoms with Crippen LogP contribution in [0.25, 0.3) is 33.4 Å². The number of halogens is 2. The van der Waals surface area contributed by atoms with Crippen molar-refractivity contribution >= 4 is 34.3 Å². The maximum Gasteiger partial charge on any atom is 0.0804 e. The fourth-order valence-corrected chi connectivity index (χ4v) is 6.18. The van der Waals surface area contributed by atoms with Gasteiger partial charge in [-0.25, -0.2) is 0 Å². The molecule has 2 heteroatoms. The van der Waals surface area contributed by atoms with Gasteiger partial charge in [0, 0.05) is 0 Å². The van der Waals surface area contributed by atoms with E-state index < -0.39 is 0 Å². The van der Waals surface area contributed by atoms with Gasteiger partial charge in [0.25, 0.3) is 0 Å². The number of alkyl halides is 2. The van der Waals surface area contributed by atoms with Crippen LogP contribution >= 0.6 is 23.2 Å². The minimum atomic E-state index is -0.0888. The highest BCUT2D eigenvalue weighted by molar-refractivity contribution is 6.25. The Morgan fingerprint density at radius 2 is 0.914 bits per heavy atom. The first kappa shape index (κ1) is 22.4. The smallest absolute Gasteiger partial charge is 0.0804 e. The van der Waals surface area contributed by atoms with Gasteiger partial charge in [0.2, 0.25) is 0 Å². The van der Waals surface area contributed by atoms with E-state index in [2.05, 4.69) is 111 Å². The monoisotopic (exact) mass is 492 g/mol. The topological polar surface area (TPSA) is 0 Å². The first-order valence-corrected chi connectivity index (χ1v) is 13.0. The van der Waals surface area contributed by atoms with Crippen LogP contribution in [0.5, 0.6) is 0 Å². The predicted molar refractivity (Wildman–Crippen MR) is 151 cm³/mol. The molecule has 0 nitrogen and oxygen atoms in total. The molecule has 0 radical (unpaired) electrons. The Hall–Kier alpha value is -3.06. The van der Waals surface area contributed by atoms with Gasteiger partial charge in [0.1, 0.15) is 0 Å². The Labute approximate surface area is 217 Å². The largest absolute Gasteiger partial charge is 0.113 e. The minimum Gasteiger partial charge on any atom is -0.113 e. The van der Waals surface area contributed by atoms with Gasteiger partial charge in [-0.1, -0.05) is 84.9 Å². The summed E-state index contributed by atoms with van der Waals surface area (Å²) in [5.74, 6) is 0. The Balaban J connectivity index is 1.43. The lowest BCUT2D eigenvalue weighted by Gasteiger charge is -2.13. The number of hydrogen-bond acceptors (Lipinski definition) is 0. The summed E-state index contributed by atoms with van der Waals surface area (Å²) in [6.45, 7) is 4.36. The van der Waals surface area contributed by atoms with Crippen molar-refractivity contribution in [1.82, 2.24) is 0 Å². The Kier molecular flexibility index (Phi) is 5.67. The van der Waals surface area contributed by atoms with Crippen LogP contribution in [0, 0.1) is 0 Å². The van der Waals surface area contributed by atoms with Crippen molar-refractivity contribution < 1.29 is 0 Å². The number of benzene rings is 4. The zero-order valence-corrected chi connectivity index (χ0v) is 21.4. The van der Waals surface area contributed by atoms with E-state index in [0.717, 1.165) is 6.42 Å². The molecule has 0 aromatic heterocycles. The molecule has 2 aliphatic rings. The molecule has 0 N–H and O–H groups in total. The van der Waals surface area contributed by atoms with E-state index >= 15 is 0 Å². The molecule has 4 aromatic carbocycles. The molecule has 2 aliphatic carbocycles. The summed E-state index contributed by atoms with van der Waals surface area (Å²) in [5, 5.41) is -0.178. The highest BCUT2D eigenvalue weighted by Crippen LogP contribution is 2.53. The van der Waals surface area contributed by atoms with Gasteiger partial charge < -0.3 is 0 Å². The lowest BCUT2D eigenvalue weighted by molar-refractivity contribution is 1.13. The van der Waals surface area contributed by atoms with Crippen molar-refractivity contribution in [2.45, 2.75) is 31.0 Å². The zero-order chi connectivity index (χ0) is 24.1. The number of fused-ring (bicyclic) bond motifs is 2. The van der Waals surface area contributed by atoms with Crippen LogP contribution in [0.15, 0.2) is 108 Å². The van der Waals surface area contributed by atoms with Crippen molar-refractivity contribution in [2.24, 2.45) is 0 Å². The van der Waals surface area contributed by atoms with E-state index in [0.29, 0.717) is 0 Å². The molecule has 0 saturated heterocycles. The number of hydrogen-bond donors (Lipinski definition) is 0. The van der Waals surface area contributed by atoms with Crippen molar-refractivity contribution in [3.05, 3.63) is 130 Å².